The largest absolute Gasteiger partial charge is 0.462 e. The number of carbonyl (C=O) groups excluding carboxylic acids is 1. The lowest BCUT2D eigenvalue weighted by molar-refractivity contribution is -0.159. The monoisotopic (exact) mass is 525 g/mol. The minimum absolute atomic E-state index is 0.0897. The molecule has 4 rings (SSSR count). The molecule has 1 aliphatic rings. The Balaban J connectivity index is 1.93. The summed E-state index contributed by atoms with van der Waals surface area (Å²) >= 11 is 5.94. The highest BCUT2D eigenvalue weighted by Gasteiger charge is 2.56. The van der Waals surface area contributed by atoms with Gasteiger partial charge < -0.3 is 9.15 Å². The van der Waals surface area contributed by atoms with Gasteiger partial charge in [0.15, 0.2) is 10.5 Å². The summed E-state index contributed by atoms with van der Waals surface area (Å²) in [7, 11) is 1.48. The van der Waals surface area contributed by atoms with E-state index in [1.54, 1.807) is 0 Å². The van der Waals surface area contributed by atoms with Gasteiger partial charge in [-0.3, -0.25) is 18.5 Å². The molecular formula is C23H19ClF3N3O6. The first-order chi connectivity index (χ1) is 16.9. The minimum Gasteiger partial charge on any atom is -0.462 e. The molecule has 0 bridgehead atoms. The third-order valence-corrected chi connectivity index (χ3v) is 6.49. The first-order valence-corrected chi connectivity index (χ1v) is 11.0. The molecule has 36 heavy (non-hydrogen) atoms. The number of aromatic nitrogens is 3. The molecule has 0 saturated heterocycles. The van der Waals surface area contributed by atoms with Gasteiger partial charge in [-0.25, -0.2) is 14.4 Å². The van der Waals surface area contributed by atoms with E-state index in [1.165, 1.54) is 42.8 Å². The third kappa shape index (κ3) is 4.11. The molecule has 0 spiro atoms. The summed E-state index contributed by atoms with van der Waals surface area (Å²) < 4.78 is 54.1. The summed E-state index contributed by atoms with van der Waals surface area (Å²) in [5, 5.41) is 0. The predicted molar refractivity (Wildman–Crippen MR) is 124 cm³/mol. The number of hydrogen-bond acceptors (Lipinski definition) is 6. The number of rotatable bonds is 5. The molecule has 3 aromatic rings. The van der Waals surface area contributed by atoms with E-state index in [0.717, 1.165) is 29.0 Å². The van der Waals surface area contributed by atoms with E-state index >= 15 is 0 Å². The van der Waals surface area contributed by atoms with Crippen LogP contribution < -0.4 is 17.0 Å². The zero-order valence-electron chi connectivity index (χ0n) is 18.9. The molecule has 2 heterocycles. The van der Waals surface area contributed by atoms with Crippen molar-refractivity contribution >= 4 is 28.7 Å². The molecule has 0 amide bonds. The van der Waals surface area contributed by atoms with E-state index < -0.39 is 52.1 Å². The lowest BCUT2D eigenvalue weighted by Gasteiger charge is -2.34. The van der Waals surface area contributed by atoms with Gasteiger partial charge >= 0.3 is 23.6 Å². The van der Waals surface area contributed by atoms with Crippen molar-refractivity contribution in [2.24, 2.45) is 13.0 Å². The number of nitrogens with zero attached hydrogens (tertiary/aromatic N) is 3. The molecule has 13 heteroatoms. The van der Waals surface area contributed by atoms with Crippen LogP contribution in [0.3, 0.4) is 0 Å². The topological polar surface area (TPSA) is 105 Å². The van der Waals surface area contributed by atoms with Crippen molar-refractivity contribution in [2.45, 2.75) is 24.5 Å². The number of benzene rings is 1. The van der Waals surface area contributed by atoms with Gasteiger partial charge in [-0.15, -0.1) is 11.6 Å². The SMILES string of the molecule is CCOC(=O)c1cn(-c2ccc3c(c2)oc(=O)n3C)c(=O)n(CC2C=CC=CC2(Cl)C(F)(F)F)c1=O. The highest BCUT2D eigenvalue weighted by Crippen LogP contribution is 2.45. The van der Waals surface area contributed by atoms with Gasteiger partial charge in [0.1, 0.15) is 5.56 Å². The van der Waals surface area contributed by atoms with Crippen molar-refractivity contribution in [2.75, 3.05) is 6.61 Å². The number of ether oxygens (including phenoxy) is 1. The van der Waals surface area contributed by atoms with Crippen molar-refractivity contribution in [1.29, 1.82) is 0 Å². The Morgan fingerprint density at radius 3 is 2.61 bits per heavy atom. The summed E-state index contributed by atoms with van der Waals surface area (Å²) in [6.45, 7) is 0.632. The number of allylic oxidation sites excluding steroid dienone is 4. The summed E-state index contributed by atoms with van der Waals surface area (Å²) in [6, 6.07) is 4.23. The van der Waals surface area contributed by atoms with E-state index in [9.17, 15) is 32.3 Å². The fraction of sp³-hybridized carbons (Fsp3) is 0.304. The van der Waals surface area contributed by atoms with Crippen molar-refractivity contribution in [3.8, 4) is 5.69 Å². The average Bonchev–Trinajstić information content (AvgIpc) is 3.10. The van der Waals surface area contributed by atoms with Crippen LogP contribution in [0.25, 0.3) is 16.8 Å². The van der Waals surface area contributed by atoms with Crippen LogP contribution in [0.4, 0.5) is 13.2 Å². The molecule has 0 fully saturated rings. The second-order valence-electron chi connectivity index (χ2n) is 8.03. The van der Waals surface area contributed by atoms with Crippen molar-refractivity contribution in [3.63, 3.8) is 0 Å². The summed E-state index contributed by atoms with van der Waals surface area (Å²) in [6.07, 6.45) is 0.353. The standard InChI is InChI=1S/C23H19ClF3N3O6/c1-3-35-19(32)15-12-29(14-7-8-16-17(10-14)36-21(34)28(16)2)20(33)30(18(15)31)11-13-6-4-5-9-22(13,24)23(25,26)27/h4-10,12-13H,3,11H2,1-2H3. The zero-order valence-corrected chi connectivity index (χ0v) is 19.7. The first-order valence-electron chi connectivity index (χ1n) is 10.6. The van der Waals surface area contributed by atoms with E-state index in [1.807, 2.05) is 0 Å². The molecular weight excluding hydrogens is 507 g/mol. The fourth-order valence-electron chi connectivity index (χ4n) is 3.92. The molecule has 0 aliphatic heterocycles. The summed E-state index contributed by atoms with van der Waals surface area (Å²) in [4.78, 5) is 47.9. The van der Waals surface area contributed by atoms with Crippen LogP contribution >= 0.6 is 11.6 Å². The maximum Gasteiger partial charge on any atom is 0.419 e. The van der Waals surface area contributed by atoms with E-state index in [-0.39, 0.29) is 17.9 Å². The second kappa shape index (κ2) is 9.01. The van der Waals surface area contributed by atoms with Gasteiger partial charge in [0, 0.05) is 31.8 Å². The molecule has 2 aromatic heterocycles. The first kappa shape index (κ1) is 25.3. The third-order valence-electron chi connectivity index (χ3n) is 5.87. The van der Waals surface area contributed by atoms with E-state index in [2.05, 4.69) is 0 Å². The highest BCUT2D eigenvalue weighted by molar-refractivity contribution is 6.26. The molecule has 9 nitrogen and oxygen atoms in total. The predicted octanol–water partition coefficient (Wildman–Crippen LogP) is 2.90. The van der Waals surface area contributed by atoms with E-state index in [4.69, 9.17) is 20.8 Å². The van der Waals surface area contributed by atoms with Gasteiger partial charge in [0.25, 0.3) is 5.56 Å². The van der Waals surface area contributed by atoms with Gasteiger partial charge in [0.2, 0.25) is 0 Å². The van der Waals surface area contributed by atoms with Crippen LogP contribution in [0.15, 0.2) is 67.5 Å². The number of alkyl halides is 4. The lowest BCUT2D eigenvalue weighted by Crippen LogP contribution is -2.50. The Morgan fingerprint density at radius 2 is 1.94 bits per heavy atom. The minimum atomic E-state index is -4.91. The molecule has 0 saturated carbocycles. The number of esters is 1. The molecule has 1 aromatic carbocycles. The maximum absolute atomic E-state index is 13.8. The van der Waals surface area contributed by atoms with Gasteiger partial charge in [0.05, 0.1) is 17.8 Å². The van der Waals surface area contributed by atoms with Crippen LogP contribution in [0.2, 0.25) is 0 Å². The quantitative estimate of drug-likeness (QED) is 0.375. The van der Waals surface area contributed by atoms with Crippen molar-refractivity contribution < 1.29 is 27.1 Å². The van der Waals surface area contributed by atoms with E-state index in [0.29, 0.717) is 10.1 Å². The Labute approximate surface area is 205 Å². The maximum atomic E-state index is 13.8. The number of oxazole rings is 1. The Bertz CT molecular complexity index is 1590. The Kier molecular flexibility index (Phi) is 6.33. The smallest absolute Gasteiger partial charge is 0.419 e. The second-order valence-corrected chi connectivity index (χ2v) is 8.65. The number of halogens is 4. The molecule has 1 aliphatic carbocycles. The fourth-order valence-corrected chi connectivity index (χ4v) is 4.14. The van der Waals surface area contributed by atoms with Crippen LogP contribution in [-0.4, -0.2) is 37.3 Å². The van der Waals surface area contributed by atoms with Crippen LogP contribution in [0, 0.1) is 5.92 Å². The molecule has 190 valence electrons. The Hall–Kier alpha value is -3.80. The average molecular weight is 526 g/mol. The molecule has 0 N–H and O–H groups in total. The molecule has 2 atom stereocenters. The zero-order chi connectivity index (χ0) is 26.4. The van der Waals surface area contributed by atoms with Crippen LogP contribution in [0.5, 0.6) is 0 Å². The number of aryl methyl sites for hydroxylation is 1. The van der Waals surface area contributed by atoms with Crippen LogP contribution in [0.1, 0.15) is 17.3 Å². The normalized spacial score (nSPS) is 19.7. The van der Waals surface area contributed by atoms with Crippen molar-refractivity contribution in [1.82, 2.24) is 13.7 Å². The van der Waals surface area contributed by atoms with Crippen LogP contribution in [-0.2, 0) is 18.3 Å². The van der Waals surface area contributed by atoms with Gasteiger partial charge in [-0.1, -0.05) is 24.3 Å². The number of fused-ring (bicyclic) bond motifs is 1. The summed E-state index contributed by atoms with van der Waals surface area (Å²) in [5.41, 5.74) is -2.13. The highest BCUT2D eigenvalue weighted by atomic mass is 35.5. The van der Waals surface area contributed by atoms with Gasteiger partial charge in [-0.2, -0.15) is 13.2 Å². The number of hydrogen-bond donors (Lipinski definition) is 0. The van der Waals surface area contributed by atoms with Gasteiger partial charge in [-0.05, 0) is 19.1 Å². The molecule has 2 unspecified atom stereocenters. The summed E-state index contributed by atoms with van der Waals surface area (Å²) in [5.74, 6) is -3.27. The Morgan fingerprint density at radius 1 is 1.22 bits per heavy atom. The lowest BCUT2D eigenvalue weighted by atomic mass is 9.86. The number of carbonyl (C=O) groups is 1. The molecule has 0 radical (unpaired) electrons. The van der Waals surface area contributed by atoms with Crippen molar-refractivity contribution in [3.05, 3.63) is 85.7 Å².